The summed E-state index contributed by atoms with van der Waals surface area (Å²) >= 11 is 1.86. The molecule has 0 radical (unpaired) electrons. The molecule has 0 amide bonds. The van der Waals surface area contributed by atoms with Crippen LogP contribution < -0.4 is 10.5 Å². The second kappa shape index (κ2) is 6.04. The highest BCUT2D eigenvalue weighted by molar-refractivity contribution is 8.00. The molecule has 1 unspecified atom stereocenters. The molecule has 0 aliphatic carbocycles. The lowest BCUT2D eigenvalue weighted by Crippen LogP contribution is -2.05. The predicted octanol–water partition coefficient (Wildman–Crippen LogP) is 3.80. The molecule has 1 atom stereocenters. The molecule has 0 spiro atoms. The molecule has 0 fully saturated rings. The van der Waals surface area contributed by atoms with Crippen LogP contribution in [0, 0.1) is 5.92 Å². The molecule has 0 bridgehead atoms. The highest BCUT2D eigenvalue weighted by atomic mass is 32.2. The number of nitrogen functional groups attached to an aromatic ring is 1. The van der Waals surface area contributed by atoms with Gasteiger partial charge in [-0.25, -0.2) is 0 Å². The molecule has 0 aliphatic heterocycles. The SMILES string of the molecule is CCOc1cc(SC(C)C(C)C)ccc1N. The Morgan fingerprint density at radius 2 is 2.00 bits per heavy atom. The van der Waals surface area contributed by atoms with Gasteiger partial charge in [-0.3, -0.25) is 0 Å². The fourth-order valence-electron chi connectivity index (χ4n) is 1.22. The zero-order valence-electron chi connectivity index (χ0n) is 10.5. The molecular formula is C13H21NOS. The van der Waals surface area contributed by atoms with Crippen LogP contribution in [-0.4, -0.2) is 11.9 Å². The Labute approximate surface area is 103 Å². The second-order valence-corrected chi connectivity index (χ2v) is 5.65. The first-order valence-corrected chi connectivity index (χ1v) is 6.61. The summed E-state index contributed by atoms with van der Waals surface area (Å²) in [6.07, 6.45) is 0. The normalized spacial score (nSPS) is 12.8. The maximum Gasteiger partial charge on any atom is 0.143 e. The van der Waals surface area contributed by atoms with E-state index in [0.29, 0.717) is 23.5 Å². The van der Waals surface area contributed by atoms with Gasteiger partial charge in [-0.2, -0.15) is 0 Å². The minimum Gasteiger partial charge on any atom is -0.492 e. The van der Waals surface area contributed by atoms with Crippen LogP contribution >= 0.6 is 11.8 Å². The lowest BCUT2D eigenvalue weighted by molar-refractivity contribution is 0.341. The molecule has 2 N–H and O–H groups in total. The van der Waals surface area contributed by atoms with Crippen molar-refractivity contribution < 1.29 is 4.74 Å². The van der Waals surface area contributed by atoms with Crippen molar-refractivity contribution >= 4 is 17.4 Å². The Bertz CT molecular complexity index is 339. The summed E-state index contributed by atoms with van der Waals surface area (Å²) in [6.45, 7) is 9.33. The number of ether oxygens (including phenoxy) is 1. The molecule has 1 aromatic rings. The maximum atomic E-state index is 5.83. The first-order chi connectivity index (χ1) is 7.54. The summed E-state index contributed by atoms with van der Waals surface area (Å²) in [4.78, 5) is 1.22. The monoisotopic (exact) mass is 239 g/mol. The van der Waals surface area contributed by atoms with Gasteiger partial charge in [-0.05, 0) is 31.0 Å². The maximum absolute atomic E-state index is 5.83. The summed E-state index contributed by atoms with van der Waals surface area (Å²) < 4.78 is 5.48. The standard InChI is InChI=1S/C13H21NOS/c1-5-15-13-8-11(6-7-12(13)14)16-10(4)9(2)3/h6-10H,5,14H2,1-4H3. The van der Waals surface area contributed by atoms with Gasteiger partial charge >= 0.3 is 0 Å². The highest BCUT2D eigenvalue weighted by Gasteiger charge is 2.10. The molecule has 0 saturated carbocycles. The minimum atomic E-state index is 0.595. The molecule has 90 valence electrons. The van der Waals surface area contributed by atoms with Crippen molar-refractivity contribution in [2.24, 2.45) is 5.92 Å². The molecule has 1 aromatic carbocycles. The number of nitrogens with two attached hydrogens (primary N) is 1. The van der Waals surface area contributed by atoms with Gasteiger partial charge in [0.15, 0.2) is 0 Å². The van der Waals surface area contributed by atoms with E-state index in [2.05, 4.69) is 26.8 Å². The number of hydrogen-bond acceptors (Lipinski definition) is 3. The van der Waals surface area contributed by atoms with E-state index in [1.807, 2.05) is 30.8 Å². The van der Waals surface area contributed by atoms with Crippen molar-refractivity contribution in [1.29, 1.82) is 0 Å². The average molecular weight is 239 g/mol. The van der Waals surface area contributed by atoms with Crippen LogP contribution in [0.25, 0.3) is 0 Å². The van der Waals surface area contributed by atoms with Crippen molar-refractivity contribution in [3.05, 3.63) is 18.2 Å². The Balaban J connectivity index is 2.78. The van der Waals surface area contributed by atoms with E-state index in [1.165, 1.54) is 4.90 Å². The number of rotatable bonds is 5. The van der Waals surface area contributed by atoms with Crippen molar-refractivity contribution in [2.75, 3.05) is 12.3 Å². The highest BCUT2D eigenvalue weighted by Crippen LogP contribution is 2.32. The van der Waals surface area contributed by atoms with Crippen molar-refractivity contribution in [1.82, 2.24) is 0 Å². The van der Waals surface area contributed by atoms with Crippen LogP contribution in [0.4, 0.5) is 5.69 Å². The molecule has 0 saturated heterocycles. The van der Waals surface area contributed by atoms with Crippen LogP contribution in [0.3, 0.4) is 0 Å². The van der Waals surface area contributed by atoms with Crippen LogP contribution in [0.5, 0.6) is 5.75 Å². The first kappa shape index (κ1) is 13.2. The van der Waals surface area contributed by atoms with Gasteiger partial charge in [-0.1, -0.05) is 20.8 Å². The van der Waals surface area contributed by atoms with Crippen LogP contribution in [0.1, 0.15) is 27.7 Å². The van der Waals surface area contributed by atoms with E-state index in [4.69, 9.17) is 10.5 Å². The molecular weight excluding hydrogens is 218 g/mol. The van der Waals surface area contributed by atoms with Crippen molar-refractivity contribution in [3.63, 3.8) is 0 Å². The predicted molar refractivity (Wildman–Crippen MR) is 72.2 cm³/mol. The first-order valence-electron chi connectivity index (χ1n) is 5.73. The van der Waals surface area contributed by atoms with E-state index in [-0.39, 0.29) is 0 Å². The Hall–Kier alpha value is -0.830. The smallest absolute Gasteiger partial charge is 0.143 e. The molecule has 2 nitrogen and oxygen atoms in total. The van der Waals surface area contributed by atoms with Crippen molar-refractivity contribution in [2.45, 2.75) is 37.8 Å². The van der Waals surface area contributed by atoms with Crippen LogP contribution in [0.15, 0.2) is 23.1 Å². The Morgan fingerprint density at radius 3 is 2.56 bits per heavy atom. The quantitative estimate of drug-likeness (QED) is 0.627. The Kier molecular flexibility index (Phi) is 5.00. The molecule has 0 aliphatic rings. The largest absolute Gasteiger partial charge is 0.492 e. The topological polar surface area (TPSA) is 35.2 Å². The van der Waals surface area contributed by atoms with E-state index < -0.39 is 0 Å². The lowest BCUT2D eigenvalue weighted by atomic mass is 10.2. The van der Waals surface area contributed by atoms with Gasteiger partial charge in [0.05, 0.1) is 12.3 Å². The number of benzene rings is 1. The minimum absolute atomic E-state index is 0.595. The third kappa shape index (κ3) is 3.63. The number of anilines is 1. The van der Waals surface area contributed by atoms with Crippen LogP contribution in [-0.2, 0) is 0 Å². The van der Waals surface area contributed by atoms with E-state index in [0.717, 1.165) is 5.75 Å². The van der Waals surface area contributed by atoms with E-state index in [9.17, 15) is 0 Å². The van der Waals surface area contributed by atoms with Gasteiger partial charge in [0.1, 0.15) is 5.75 Å². The summed E-state index contributed by atoms with van der Waals surface area (Å²) in [5, 5.41) is 0.595. The summed E-state index contributed by atoms with van der Waals surface area (Å²) in [5.74, 6) is 1.46. The summed E-state index contributed by atoms with van der Waals surface area (Å²) in [5.41, 5.74) is 6.54. The molecule has 16 heavy (non-hydrogen) atoms. The van der Waals surface area contributed by atoms with Gasteiger partial charge in [-0.15, -0.1) is 11.8 Å². The second-order valence-electron chi connectivity index (χ2n) is 4.20. The molecule has 1 rings (SSSR count). The zero-order valence-corrected chi connectivity index (χ0v) is 11.3. The zero-order chi connectivity index (χ0) is 12.1. The average Bonchev–Trinajstić information content (AvgIpc) is 2.23. The number of hydrogen-bond donors (Lipinski definition) is 1. The van der Waals surface area contributed by atoms with E-state index in [1.54, 1.807) is 0 Å². The fourth-order valence-corrected chi connectivity index (χ4v) is 2.24. The van der Waals surface area contributed by atoms with Gasteiger partial charge in [0.25, 0.3) is 0 Å². The van der Waals surface area contributed by atoms with Crippen molar-refractivity contribution in [3.8, 4) is 5.75 Å². The fraction of sp³-hybridized carbons (Fsp3) is 0.538. The summed E-state index contributed by atoms with van der Waals surface area (Å²) in [6, 6.07) is 6.00. The third-order valence-electron chi connectivity index (χ3n) is 2.55. The van der Waals surface area contributed by atoms with Crippen LogP contribution in [0.2, 0.25) is 0 Å². The van der Waals surface area contributed by atoms with Gasteiger partial charge < -0.3 is 10.5 Å². The Morgan fingerprint density at radius 1 is 1.31 bits per heavy atom. The summed E-state index contributed by atoms with van der Waals surface area (Å²) in [7, 11) is 0. The van der Waals surface area contributed by atoms with Gasteiger partial charge in [0, 0.05) is 10.1 Å². The number of thioether (sulfide) groups is 1. The molecule has 0 heterocycles. The lowest BCUT2D eigenvalue weighted by Gasteiger charge is -2.16. The third-order valence-corrected chi connectivity index (χ3v) is 3.99. The molecule has 0 aromatic heterocycles. The van der Waals surface area contributed by atoms with Gasteiger partial charge in [0.2, 0.25) is 0 Å². The van der Waals surface area contributed by atoms with E-state index >= 15 is 0 Å². The molecule has 3 heteroatoms.